The van der Waals surface area contributed by atoms with Crippen molar-refractivity contribution in [3.63, 3.8) is 0 Å². The molecule has 0 unspecified atom stereocenters. The predicted molar refractivity (Wildman–Crippen MR) is 84.1 cm³/mol. The van der Waals surface area contributed by atoms with Gasteiger partial charge in [-0.3, -0.25) is 0 Å². The lowest BCUT2D eigenvalue weighted by molar-refractivity contribution is 0.00951. The highest BCUT2D eigenvalue weighted by Crippen LogP contribution is 2.27. The van der Waals surface area contributed by atoms with E-state index in [9.17, 15) is 14.3 Å². The van der Waals surface area contributed by atoms with Gasteiger partial charge in [0.25, 0.3) is 0 Å². The molecule has 0 aliphatic carbocycles. The Labute approximate surface area is 131 Å². The van der Waals surface area contributed by atoms with Crippen molar-refractivity contribution in [1.29, 1.82) is 0 Å². The van der Waals surface area contributed by atoms with Gasteiger partial charge in [0.1, 0.15) is 5.82 Å². The van der Waals surface area contributed by atoms with Gasteiger partial charge in [0.2, 0.25) is 0 Å². The van der Waals surface area contributed by atoms with Crippen molar-refractivity contribution in [3.8, 4) is 0 Å². The van der Waals surface area contributed by atoms with E-state index in [4.69, 9.17) is 0 Å². The number of nitrogens with zero attached hydrogens (tertiary/aromatic N) is 1. The molecule has 1 fully saturated rings. The monoisotopic (exact) mass is 308 g/mol. The number of rotatable bonds is 3. The largest absolute Gasteiger partial charge is 0.388 e. The summed E-state index contributed by atoms with van der Waals surface area (Å²) in [6.45, 7) is 7.62. The fourth-order valence-corrected chi connectivity index (χ4v) is 2.97. The first-order valence-corrected chi connectivity index (χ1v) is 7.75. The van der Waals surface area contributed by atoms with Crippen molar-refractivity contribution in [2.75, 3.05) is 6.54 Å². The lowest BCUT2D eigenvalue weighted by Crippen LogP contribution is -2.51. The highest BCUT2D eigenvalue weighted by molar-refractivity contribution is 5.75. The van der Waals surface area contributed by atoms with Gasteiger partial charge in [-0.25, -0.2) is 9.18 Å². The number of carbonyl (C=O) groups is 1. The number of urea groups is 1. The fraction of sp³-hybridized carbons (Fsp3) is 0.588. The number of halogens is 1. The van der Waals surface area contributed by atoms with Gasteiger partial charge in [0.05, 0.1) is 17.7 Å². The molecule has 1 saturated heterocycles. The minimum atomic E-state index is -0.924. The van der Waals surface area contributed by atoms with E-state index in [0.717, 1.165) is 18.4 Å². The summed E-state index contributed by atoms with van der Waals surface area (Å²) in [6, 6.07) is 4.31. The van der Waals surface area contributed by atoms with E-state index in [-0.39, 0.29) is 23.9 Å². The van der Waals surface area contributed by atoms with E-state index < -0.39 is 5.60 Å². The maximum atomic E-state index is 13.6. The minimum Gasteiger partial charge on any atom is -0.388 e. The Morgan fingerprint density at radius 1 is 1.50 bits per heavy atom. The molecular formula is C17H25FN2O2. The highest BCUT2D eigenvalue weighted by Gasteiger charge is 2.38. The lowest BCUT2D eigenvalue weighted by Gasteiger charge is -2.34. The first kappa shape index (κ1) is 16.7. The molecule has 0 bridgehead atoms. The summed E-state index contributed by atoms with van der Waals surface area (Å²) in [5.41, 5.74) is 0.395. The fourth-order valence-electron chi connectivity index (χ4n) is 2.97. The molecule has 1 aliphatic heterocycles. The average Bonchev–Trinajstić information content (AvgIpc) is 2.91. The van der Waals surface area contributed by atoms with Crippen LogP contribution in [0.25, 0.3) is 0 Å². The van der Waals surface area contributed by atoms with Crippen molar-refractivity contribution in [3.05, 3.63) is 35.1 Å². The molecule has 1 aromatic carbocycles. The number of nitrogens with one attached hydrogen (secondary N) is 1. The van der Waals surface area contributed by atoms with Gasteiger partial charge >= 0.3 is 6.03 Å². The standard InChI is InChI=1S/C17H25FN2O2/c1-11-7-8-13(10-14(11)18)12(2)19-16(21)20-9-5-6-15(20)17(3,4)22/h7-8,10,12,15,22H,5-6,9H2,1-4H3,(H,19,21)/t12-,15+/m0/s1. The Kier molecular flexibility index (Phi) is 4.75. The number of aliphatic hydroxyl groups is 1. The van der Waals surface area contributed by atoms with Crippen molar-refractivity contribution in [2.24, 2.45) is 0 Å². The Balaban J connectivity index is 2.06. The zero-order chi connectivity index (χ0) is 16.5. The van der Waals surface area contributed by atoms with Crippen LogP contribution in [-0.4, -0.2) is 34.2 Å². The van der Waals surface area contributed by atoms with E-state index in [0.29, 0.717) is 12.1 Å². The lowest BCUT2D eigenvalue weighted by atomic mass is 9.97. The van der Waals surface area contributed by atoms with E-state index >= 15 is 0 Å². The smallest absolute Gasteiger partial charge is 0.318 e. The molecule has 4 nitrogen and oxygen atoms in total. The van der Waals surface area contributed by atoms with E-state index in [2.05, 4.69) is 5.32 Å². The van der Waals surface area contributed by atoms with E-state index in [1.807, 2.05) is 13.0 Å². The maximum absolute atomic E-state index is 13.6. The van der Waals surface area contributed by atoms with E-state index in [1.165, 1.54) is 6.07 Å². The van der Waals surface area contributed by atoms with Gasteiger partial charge in [-0.05, 0) is 57.7 Å². The minimum absolute atomic E-state index is 0.186. The van der Waals surface area contributed by atoms with Crippen LogP contribution in [0.15, 0.2) is 18.2 Å². The van der Waals surface area contributed by atoms with Crippen LogP contribution >= 0.6 is 0 Å². The summed E-state index contributed by atoms with van der Waals surface area (Å²) < 4.78 is 13.6. The summed E-state index contributed by atoms with van der Waals surface area (Å²) in [5.74, 6) is -0.269. The molecular weight excluding hydrogens is 283 g/mol. The Bertz CT molecular complexity index is 554. The molecule has 2 amide bonds. The summed E-state index contributed by atoms with van der Waals surface area (Å²) in [4.78, 5) is 14.1. The molecule has 2 atom stereocenters. The second-order valence-corrected chi connectivity index (χ2v) is 6.68. The van der Waals surface area contributed by atoms with Crippen LogP contribution in [0, 0.1) is 12.7 Å². The zero-order valence-electron chi connectivity index (χ0n) is 13.7. The quantitative estimate of drug-likeness (QED) is 0.901. The molecule has 2 N–H and O–H groups in total. The third kappa shape index (κ3) is 3.58. The second-order valence-electron chi connectivity index (χ2n) is 6.68. The van der Waals surface area contributed by atoms with Crippen LogP contribution in [0.4, 0.5) is 9.18 Å². The number of benzene rings is 1. The van der Waals surface area contributed by atoms with Crippen LogP contribution in [0.2, 0.25) is 0 Å². The van der Waals surface area contributed by atoms with Crippen LogP contribution < -0.4 is 5.32 Å². The Hall–Kier alpha value is -1.62. The number of likely N-dealkylation sites (tertiary alicyclic amines) is 1. The van der Waals surface area contributed by atoms with Crippen LogP contribution in [0.3, 0.4) is 0 Å². The van der Waals surface area contributed by atoms with Gasteiger partial charge in [-0.15, -0.1) is 0 Å². The van der Waals surface area contributed by atoms with Gasteiger partial charge < -0.3 is 15.3 Å². The third-order valence-corrected chi connectivity index (χ3v) is 4.37. The number of carbonyl (C=O) groups excluding carboxylic acids is 1. The Morgan fingerprint density at radius 3 is 2.77 bits per heavy atom. The molecule has 122 valence electrons. The molecule has 0 radical (unpaired) electrons. The zero-order valence-corrected chi connectivity index (χ0v) is 13.7. The molecule has 5 heteroatoms. The molecule has 0 aromatic heterocycles. The summed E-state index contributed by atoms with van der Waals surface area (Å²) in [5, 5.41) is 13.1. The van der Waals surface area contributed by atoms with Crippen LogP contribution in [-0.2, 0) is 0 Å². The molecule has 0 spiro atoms. The van der Waals surface area contributed by atoms with Gasteiger partial charge in [0, 0.05) is 6.54 Å². The average molecular weight is 308 g/mol. The van der Waals surface area contributed by atoms with Gasteiger partial charge in [-0.2, -0.15) is 0 Å². The molecule has 22 heavy (non-hydrogen) atoms. The predicted octanol–water partition coefficient (Wildman–Crippen LogP) is 3.14. The summed E-state index contributed by atoms with van der Waals surface area (Å²) in [6.07, 6.45) is 1.68. The maximum Gasteiger partial charge on any atom is 0.318 e. The molecule has 1 aromatic rings. The molecule has 1 heterocycles. The Morgan fingerprint density at radius 2 is 2.18 bits per heavy atom. The highest BCUT2D eigenvalue weighted by atomic mass is 19.1. The first-order chi connectivity index (χ1) is 10.2. The molecule has 1 aliphatic rings. The SMILES string of the molecule is Cc1ccc([C@H](C)NC(=O)N2CCC[C@@H]2C(C)(C)O)cc1F. The van der Waals surface area contributed by atoms with Crippen LogP contribution in [0.1, 0.15) is 50.8 Å². The number of amides is 2. The number of aryl methyl sites for hydroxylation is 1. The summed E-state index contributed by atoms with van der Waals surface area (Å²) >= 11 is 0. The van der Waals surface area contributed by atoms with Gasteiger partial charge in [-0.1, -0.05) is 12.1 Å². The third-order valence-electron chi connectivity index (χ3n) is 4.37. The van der Waals surface area contributed by atoms with Gasteiger partial charge in [0.15, 0.2) is 0 Å². The second kappa shape index (κ2) is 6.24. The van der Waals surface area contributed by atoms with E-state index in [1.54, 1.807) is 31.7 Å². The first-order valence-electron chi connectivity index (χ1n) is 7.75. The van der Waals surface area contributed by atoms with Crippen molar-refractivity contribution >= 4 is 6.03 Å². The van der Waals surface area contributed by atoms with Crippen molar-refractivity contribution < 1.29 is 14.3 Å². The molecule has 0 saturated carbocycles. The normalized spacial score (nSPS) is 20.1. The topological polar surface area (TPSA) is 52.6 Å². The van der Waals surface area contributed by atoms with Crippen molar-refractivity contribution in [2.45, 2.75) is 58.2 Å². The molecule has 2 rings (SSSR count). The number of hydrogen-bond acceptors (Lipinski definition) is 2. The summed E-state index contributed by atoms with van der Waals surface area (Å²) in [7, 11) is 0. The van der Waals surface area contributed by atoms with Crippen LogP contribution in [0.5, 0.6) is 0 Å². The van der Waals surface area contributed by atoms with Crippen molar-refractivity contribution in [1.82, 2.24) is 10.2 Å². The number of hydrogen-bond donors (Lipinski definition) is 2.